The molecule has 1 N–H and O–H groups in total. The average molecular weight is 331 g/mol. The van der Waals surface area contributed by atoms with Crippen LogP contribution in [-0.4, -0.2) is 57.9 Å². The number of pyridine rings is 1. The quantitative estimate of drug-likeness (QED) is 0.899. The Bertz CT molecular complexity index is 592. The fraction of sp³-hybridized carbons (Fsp3) is 0.611. The molecule has 6 heteroatoms. The van der Waals surface area contributed by atoms with Crippen LogP contribution in [0.5, 0.6) is 0 Å². The van der Waals surface area contributed by atoms with Crippen LogP contribution >= 0.6 is 0 Å². The molecule has 2 saturated heterocycles. The lowest BCUT2D eigenvalue weighted by Gasteiger charge is -2.48. The van der Waals surface area contributed by atoms with Gasteiger partial charge in [-0.05, 0) is 31.4 Å². The van der Waals surface area contributed by atoms with Gasteiger partial charge in [0.1, 0.15) is 0 Å². The molecule has 2 amide bonds. The van der Waals surface area contributed by atoms with Crippen molar-refractivity contribution in [2.45, 2.75) is 38.6 Å². The maximum atomic E-state index is 12.3. The standard InChI is InChI=1S/C18H25N3O3/c22-11-6-17(24)20-10-3-7-18(13-20)8-5-16(23)21(14-18)12-15-4-1-2-9-19-15/h1-2,4,9,22H,3,5-8,10-14H2/t18-/m0/s1. The zero-order chi connectivity index (χ0) is 17.0. The second kappa shape index (κ2) is 7.30. The fourth-order valence-electron chi connectivity index (χ4n) is 3.94. The maximum Gasteiger partial charge on any atom is 0.224 e. The summed E-state index contributed by atoms with van der Waals surface area (Å²) in [7, 11) is 0. The van der Waals surface area contributed by atoms with Crippen molar-refractivity contribution < 1.29 is 14.7 Å². The zero-order valence-corrected chi connectivity index (χ0v) is 14.0. The number of aliphatic hydroxyl groups excluding tert-OH is 1. The Hall–Kier alpha value is -1.95. The summed E-state index contributed by atoms with van der Waals surface area (Å²) in [4.78, 5) is 32.5. The number of hydrogen-bond acceptors (Lipinski definition) is 4. The number of carbonyl (C=O) groups excluding carboxylic acids is 2. The third-order valence-electron chi connectivity index (χ3n) is 5.17. The SMILES string of the molecule is O=C(CCO)N1CCC[C@]2(CCC(=O)N(Cc3ccccn3)C2)C1. The molecule has 1 aromatic heterocycles. The van der Waals surface area contributed by atoms with Gasteiger partial charge in [-0.25, -0.2) is 0 Å². The number of aromatic nitrogens is 1. The van der Waals surface area contributed by atoms with Crippen LogP contribution in [0.3, 0.4) is 0 Å². The molecule has 1 atom stereocenters. The van der Waals surface area contributed by atoms with Crippen LogP contribution in [0.1, 0.15) is 37.8 Å². The number of rotatable bonds is 4. The van der Waals surface area contributed by atoms with E-state index < -0.39 is 0 Å². The van der Waals surface area contributed by atoms with Crippen molar-refractivity contribution in [3.8, 4) is 0 Å². The van der Waals surface area contributed by atoms with Crippen molar-refractivity contribution >= 4 is 11.8 Å². The molecule has 2 aliphatic rings. The molecule has 2 aliphatic heterocycles. The van der Waals surface area contributed by atoms with E-state index in [1.807, 2.05) is 28.0 Å². The van der Waals surface area contributed by atoms with Gasteiger partial charge in [-0.15, -0.1) is 0 Å². The molecule has 0 aliphatic carbocycles. The van der Waals surface area contributed by atoms with Crippen LogP contribution in [0.25, 0.3) is 0 Å². The number of likely N-dealkylation sites (tertiary alicyclic amines) is 2. The Balaban J connectivity index is 1.69. The molecule has 6 nitrogen and oxygen atoms in total. The van der Waals surface area contributed by atoms with Gasteiger partial charge in [0, 0.05) is 44.1 Å². The summed E-state index contributed by atoms with van der Waals surface area (Å²) in [6.45, 7) is 2.57. The van der Waals surface area contributed by atoms with Gasteiger partial charge < -0.3 is 14.9 Å². The van der Waals surface area contributed by atoms with Crippen LogP contribution in [0.15, 0.2) is 24.4 Å². The van der Waals surface area contributed by atoms with E-state index in [4.69, 9.17) is 5.11 Å². The lowest BCUT2D eigenvalue weighted by atomic mass is 9.73. The van der Waals surface area contributed by atoms with Crippen LogP contribution in [0.2, 0.25) is 0 Å². The van der Waals surface area contributed by atoms with E-state index in [9.17, 15) is 9.59 Å². The van der Waals surface area contributed by atoms with Gasteiger partial charge in [0.15, 0.2) is 0 Å². The smallest absolute Gasteiger partial charge is 0.224 e. The van der Waals surface area contributed by atoms with Gasteiger partial charge in [-0.2, -0.15) is 0 Å². The summed E-state index contributed by atoms with van der Waals surface area (Å²) < 4.78 is 0. The average Bonchev–Trinajstić information content (AvgIpc) is 2.60. The number of hydrogen-bond donors (Lipinski definition) is 1. The normalized spacial score (nSPS) is 24.5. The number of piperidine rings is 2. The van der Waals surface area contributed by atoms with Crippen molar-refractivity contribution in [3.63, 3.8) is 0 Å². The molecule has 24 heavy (non-hydrogen) atoms. The monoisotopic (exact) mass is 331 g/mol. The summed E-state index contributed by atoms with van der Waals surface area (Å²) in [5.41, 5.74) is 0.887. The third kappa shape index (κ3) is 3.75. The van der Waals surface area contributed by atoms with Crippen LogP contribution in [0.4, 0.5) is 0 Å². The molecule has 3 heterocycles. The minimum atomic E-state index is -0.105. The first-order valence-electron chi connectivity index (χ1n) is 8.68. The van der Waals surface area contributed by atoms with Crippen molar-refractivity contribution in [2.24, 2.45) is 5.41 Å². The number of carbonyl (C=O) groups is 2. The first-order chi connectivity index (χ1) is 11.6. The molecule has 130 valence electrons. The van der Waals surface area contributed by atoms with Crippen molar-refractivity contribution in [1.29, 1.82) is 0 Å². The summed E-state index contributed by atoms with van der Waals surface area (Å²) >= 11 is 0. The Labute approximate surface area is 142 Å². The summed E-state index contributed by atoms with van der Waals surface area (Å²) in [5, 5.41) is 9.00. The highest BCUT2D eigenvalue weighted by molar-refractivity contribution is 5.78. The largest absolute Gasteiger partial charge is 0.396 e. The van der Waals surface area contributed by atoms with E-state index in [0.717, 1.165) is 31.5 Å². The number of amides is 2. The molecule has 0 aromatic carbocycles. The molecule has 3 rings (SSSR count). The fourth-order valence-corrected chi connectivity index (χ4v) is 3.94. The predicted octanol–water partition coefficient (Wildman–Crippen LogP) is 1.20. The molecule has 0 saturated carbocycles. The molecule has 1 aromatic rings. The van der Waals surface area contributed by atoms with Gasteiger partial charge >= 0.3 is 0 Å². The van der Waals surface area contributed by atoms with E-state index >= 15 is 0 Å². The van der Waals surface area contributed by atoms with E-state index in [2.05, 4.69) is 4.98 Å². The van der Waals surface area contributed by atoms with Gasteiger partial charge in [-0.3, -0.25) is 14.6 Å². The maximum absolute atomic E-state index is 12.3. The number of aliphatic hydroxyl groups is 1. The first kappa shape index (κ1) is 16.9. The van der Waals surface area contributed by atoms with Crippen molar-refractivity contribution in [1.82, 2.24) is 14.8 Å². The predicted molar refractivity (Wildman–Crippen MR) is 88.8 cm³/mol. The van der Waals surface area contributed by atoms with Crippen molar-refractivity contribution in [2.75, 3.05) is 26.2 Å². The zero-order valence-electron chi connectivity index (χ0n) is 14.0. The lowest BCUT2D eigenvalue weighted by Crippen LogP contribution is -2.54. The first-order valence-corrected chi connectivity index (χ1v) is 8.68. The molecule has 0 unspecified atom stereocenters. The highest BCUT2D eigenvalue weighted by Crippen LogP contribution is 2.39. The second-order valence-corrected chi connectivity index (χ2v) is 6.96. The Morgan fingerprint density at radius 1 is 1.29 bits per heavy atom. The molecule has 0 bridgehead atoms. The molecule has 2 fully saturated rings. The van der Waals surface area contributed by atoms with Gasteiger partial charge in [0.25, 0.3) is 0 Å². The Morgan fingerprint density at radius 2 is 2.17 bits per heavy atom. The van der Waals surface area contributed by atoms with E-state index in [1.165, 1.54) is 0 Å². The molecular formula is C18H25N3O3. The lowest BCUT2D eigenvalue weighted by molar-refractivity contribution is -0.144. The minimum Gasteiger partial charge on any atom is -0.396 e. The van der Waals surface area contributed by atoms with Crippen molar-refractivity contribution in [3.05, 3.63) is 30.1 Å². The van der Waals surface area contributed by atoms with Crippen LogP contribution in [-0.2, 0) is 16.1 Å². The third-order valence-corrected chi connectivity index (χ3v) is 5.17. The molecular weight excluding hydrogens is 306 g/mol. The summed E-state index contributed by atoms with van der Waals surface area (Å²) in [6.07, 6.45) is 5.31. The Kier molecular flexibility index (Phi) is 5.14. The van der Waals surface area contributed by atoms with E-state index in [0.29, 0.717) is 26.1 Å². The highest BCUT2D eigenvalue weighted by atomic mass is 16.3. The minimum absolute atomic E-state index is 0.00788. The summed E-state index contributed by atoms with van der Waals surface area (Å²) in [5.74, 6) is 0.190. The topological polar surface area (TPSA) is 73.7 Å². The summed E-state index contributed by atoms with van der Waals surface area (Å²) in [6, 6.07) is 5.74. The molecule has 0 radical (unpaired) electrons. The van der Waals surface area contributed by atoms with E-state index in [-0.39, 0.29) is 30.3 Å². The van der Waals surface area contributed by atoms with Crippen LogP contribution < -0.4 is 0 Å². The van der Waals surface area contributed by atoms with E-state index in [1.54, 1.807) is 6.20 Å². The second-order valence-electron chi connectivity index (χ2n) is 6.96. The Morgan fingerprint density at radius 3 is 2.92 bits per heavy atom. The van der Waals surface area contributed by atoms with Gasteiger partial charge in [0.05, 0.1) is 18.8 Å². The van der Waals surface area contributed by atoms with Crippen LogP contribution in [0, 0.1) is 5.41 Å². The molecule has 1 spiro atoms. The van der Waals surface area contributed by atoms with Gasteiger partial charge in [-0.1, -0.05) is 6.07 Å². The highest BCUT2D eigenvalue weighted by Gasteiger charge is 2.42. The van der Waals surface area contributed by atoms with Gasteiger partial charge in [0.2, 0.25) is 11.8 Å². The number of nitrogens with zero attached hydrogens (tertiary/aromatic N) is 3.